The molecule has 5 rings (SSSR count). The van der Waals surface area contributed by atoms with E-state index in [0.29, 0.717) is 6.54 Å². The van der Waals surface area contributed by atoms with E-state index in [-0.39, 0.29) is 25.4 Å². The molecular formula is C36H44N2O5. The second-order valence-corrected chi connectivity index (χ2v) is 11.5. The summed E-state index contributed by atoms with van der Waals surface area (Å²) in [5, 5.41) is 12.3. The van der Waals surface area contributed by atoms with E-state index in [0.717, 1.165) is 59.4 Å². The molecule has 228 valence electrons. The van der Waals surface area contributed by atoms with E-state index in [1.54, 1.807) is 6.08 Å². The molecule has 0 bridgehead atoms. The second kappa shape index (κ2) is 15.8. The zero-order chi connectivity index (χ0) is 29.9. The standard InChI is InChI=1S/C36H44N2O5/c1-2-20-41-36(40)37-24-28-10-8-11-30(21-28)31-12-9-13-32(22-31)35-42-33(25-38-18-6-4-3-5-7-19-38)23-34(43-35)29-16-14-27(26-39)15-17-29/h2,8-17,21-22,33-35,39H,1,3-7,18-20,23-26H2,(H,37,40)/t33-,34+,35+/m0/s1. The lowest BCUT2D eigenvalue weighted by atomic mass is 9.98. The number of amides is 1. The number of aliphatic hydroxyl groups is 1. The highest BCUT2D eigenvalue weighted by Crippen LogP contribution is 2.39. The van der Waals surface area contributed by atoms with Crippen LogP contribution in [0.3, 0.4) is 0 Å². The van der Waals surface area contributed by atoms with E-state index < -0.39 is 12.4 Å². The van der Waals surface area contributed by atoms with Crippen LogP contribution in [-0.4, -0.2) is 48.4 Å². The minimum absolute atomic E-state index is 0.0264. The van der Waals surface area contributed by atoms with Crippen molar-refractivity contribution in [1.29, 1.82) is 0 Å². The topological polar surface area (TPSA) is 80.3 Å². The van der Waals surface area contributed by atoms with Crippen molar-refractivity contribution in [3.8, 4) is 11.1 Å². The third-order valence-electron chi connectivity index (χ3n) is 8.21. The van der Waals surface area contributed by atoms with Crippen LogP contribution < -0.4 is 5.32 Å². The molecule has 0 spiro atoms. The van der Waals surface area contributed by atoms with Crippen molar-refractivity contribution >= 4 is 6.09 Å². The summed E-state index contributed by atoms with van der Waals surface area (Å²) in [6, 6.07) is 24.5. The first-order chi connectivity index (χ1) is 21.1. The van der Waals surface area contributed by atoms with Crippen molar-refractivity contribution in [2.45, 2.75) is 70.2 Å². The number of aliphatic hydroxyl groups excluding tert-OH is 1. The monoisotopic (exact) mass is 584 g/mol. The maximum absolute atomic E-state index is 11.9. The Morgan fingerprint density at radius 2 is 1.63 bits per heavy atom. The predicted octanol–water partition coefficient (Wildman–Crippen LogP) is 7.07. The lowest BCUT2D eigenvalue weighted by Crippen LogP contribution is -2.40. The summed E-state index contributed by atoms with van der Waals surface area (Å²) < 4.78 is 18.3. The highest BCUT2D eigenvalue weighted by atomic mass is 16.7. The number of rotatable bonds is 10. The normalized spacial score (nSPS) is 21.4. The molecule has 3 atom stereocenters. The van der Waals surface area contributed by atoms with Crippen LogP contribution in [0.4, 0.5) is 4.79 Å². The van der Waals surface area contributed by atoms with Crippen LogP contribution in [0.25, 0.3) is 11.1 Å². The molecule has 7 nitrogen and oxygen atoms in total. The molecule has 43 heavy (non-hydrogen) atoms. The van der Waals surface area contributed by atoms with Gasteiger partial charge in [0, 0.05) is 25.1 Å². The maximum Gasteiger partial charge on any atom is 0.407 e. The Morgan fingerprint density at radius 3 is 2.37 bits per heavy atom. The Morgan fingerprint density at radius 1 is 0.907 bits per heavy atom. The number of benzene rings is 3. The molecule has 2 fully saturated rings. The van der Waals surface area contributed by atoms with Crippen molar-refractivity contribution in [3.63, 3.8) is 0 Å². The zero-order valence-electron chi connectivity index (χ0n) is 25.0. The van der Waals surface area contributed by atoms with Gasteiger partial charge in [-0.2, -0.15) is 0 Å². The fraction of sp³-hybridized carbons (Fsp3) is 0.417. The van der Waals surface area contributed by atoms with Crippen molar-refractivity contribution in [2.75, 3.05) is 26.2 Å². The molecular weight excluding hydrogens is 540 g/mol. The van der Waals surface area contributed by atoms with Crippen LogP contribution in [0.1, 0.15) is 73.2 Å². The SMILES string of the molecule is C=CCOC(=O)NCc1cccc(-c2cccc([C@@H]3O[C@H](CN4CCCCCCC4)C[C@H](c4ccc(CO)cc4)O3)c2)c1. The molecule has 2 saturated heterocycles. The second-order valence-electron chi connectivity index (χ2n) is 11.5. The molecule has 2 aliphatic rings. The van der Waals surface area contributed by atoms with Crippen molar-refractivity contribution in [1.82, 2.24) is 10.2 Å². The number of likely N-dealkylation sites (tertiary alicyclic amines) is 1. The van der Waals surface area contributed by atoms with Gasteiger partial charge in [-0.3, -0.25) is 0 Å². The number of carbonyl (C=O) groups excluding carboxylic acids is 1. The maximum atomic E-state index is 11.9. The molecule has 7 heteroatoms. The van der Waals surface area contributed by atoms with Gasteiger partial charge >= 0.3 is 6.09 Å². The molecule has 0 aliphatic carbocycles. The van der Waals surface area contributed by atoms with Gasteiger partial charge in [0.05, 0.1) is 18.8 Å². The van der Waals surface area contributed by atoms with Gasteiger partial charge in [0.25, 0.3) is 0 Å². The molecule has 3 aromatic carbocycles. The van der Waals surface area contributed by atoms with Gasteiger partial charge in [0.15, 0.2) is 6.29 Å². The van der Waals surface area contributed by atoms with Gasteiger partial charge in [-0.15, -0.1) is 0 Å². The van der Waals surface area contributed by atoms with E-state index >= 15 is 0 Å². The van der Waals surface area contributed by atoms with Gasteiger partial charge in [-0.05, 0) is 65.9 Å². The van der Waals surface area contributed by atoms with Crippen LogP contribution in [0.2, 0.25) is 0 Å². The van der Waals surface area contributed by atoms with Crippen molar-refractivity contribution in [3.05, 3.63) is 108 Å². The van der Waals surface area contributed by atoms with E-state index in [4.69, 9.17) is 14.2 Å². The summed E-state index contributed by atoms with van der Waals surface area (Å²) in [5.41, 5.74) is 6.04. The fourth-order valence-electron chi connectivity index (χ4n) is 5.90. The minimum Gasteiger partial charge on any atom is -0.445 e. The van der Waals surface area contributed by atoms with E-state index in [2.05, 4.69) is 59.3 Å². The minimum atomic E-state index is -0.500. The highest BCUT2D eigenvalue weighted by Gasteiger charge is 2.33. The van der Waals surface area contributed by atoms with E-state index in [1.807, 2.05) is 30.3 Å². The average Bonchev–Trinajstić information content (AvgIpc) is 3.04. The van der Waals surface area contributed by atoms with Crippen molar-refractivity contribution < 1.29 is 24.1 Å². The van der Waals surface area contributed by atoms with Gasteiger partial charge in [-0.1, -0.05) is 92.6 Å². The zero-order valence-corrected chi connectivity index (χ0v) is 25.0. The predicted molar refractivity (Wildman–Crippen MR) is 168 cm³/mol. The number of ether oxygens (including phenoxy) is 3. The molecule has 0 aromatic heterocycles. The fourth-order valence-corrected chi connectivity index (χ4v) is 5.90. The van der Waals surface area contributed by atoms with Crippen LogP contribution >= 0.6 is 0 Å². The Kier molecular flexibility index (Phi) is 11.4. The number of nitrogens with zero attached hydrogens (tertiary/aromatic N) is 1. The summed E-state index contributed by atoms with van der Waals surface area (Å²) in [5.74, 6) is 0. The quantitative estimate of drug-likeness (QED) is 0.248. The summed E-state index contributed by atoms with van der Waals surface area (Å²) in [4.78, 5) is 14.4. The number of carbonyl (C=O) groups is 1. The Bertz CT molecular complexity index is 1320. The first kappa shape index (κ1) is 31.0. The van der Waals surface area contributed by atoms with Crippen LogP contribution in [0.15, 0.2) is 85.5 Å². The summed E-state index contributed by atoms with van der Waals surface area (Å²) in [7, 11) is 0. The highest BCUT2D eigenvalue weighted by molar-refractivity contribution is 5.68. The third kappa shape index (κ3) is 9.00. The number of hydrogen-bond donors (Lipinski definition) is 2. The van der Waals surface area contributed by atoms with Gasteiger partial charge in [-0.25, -0.2) is 4.79 Å². The first-order valence-corrected chi connectivity index (χ1v) is 15.5. The van der Waals surface area contributed by atoms with Gasteiger partial charge in [0.2, 0.25) is 0 Å². The number of alkyl carbamates (subject to hydrolysis) is 1. The van der Waals surface area contributed by atoms with E-state index in [9.17, 15) is 9.90 Å². The average molecular weight is 585 g/mol. The molecule has 3 aromatic rings. The van der Waals surface area contributed by atoms with Crippen LogP contribution in [0.5, 0.6) is 0 Å². The molecule has 2 aliphatic heterocycles. The molecule has 2 N–H and O–H groups in total. The Hall–Kier alpha value is -3.49. The lowest BCUT2D eigenvalue weighted by molar-refractivity contribution is -0.253. The first-order valence-electron chi connectivity index (χ1n) is 15.5. The molecule has 0 radical (unpaired) electrons. The lowest BCUT2D eigenvalue weighted by Gasteiger charge is -2.39. The Balaban J connectivity index is 1.34. The van der Waals surface area contributed by atoms with Gasteiger partial charge in [0.1, 0.15) is 6.61 Å². The van der Waals surface area contributed by atoms with E-state index in [1.165, 1.54) is 32.1 Å². The Labute approximate surface area is 255 Å². The number of nitrogens with one attached hydrogen (secondary N) is 1. The number of hydrogen-bond acceptors (Lipinski definition) is 6. The molecule has 0 saturated carbocycles. The molecule has 0 unspecified atom stereocenters. The largest absolute Gasteiger partial charge is 0.445 e. The molecule has 1 amide bonds. The smallest absolute Gasteiger partial charge is 0.407 e. The molecule has 2 heterocycles. The van der Waals surface area contributed by atoms with Gasteiger partial charge < -0.3 is 29.5 Å². The summed E-state index contributed by atoms with van der Waals surface area (Å²) >= 11 is 0. The summed E-state index contributed by atoms with van der Waals surface area (Å²) in [6.45, 7) is 7.27. The third-order valence-corrected chi connectivity index (χ3v) is 8.21. The van der Waals surface area contributed by atoms with Crippen molar-refractivity contribution in [2.24, 2.45) is 0 Å². The summed E-state index contributed by atoms with van der Waals surface area (Å²) in [6.07, 6.45) is 7.73. The van der Waals surface area contributed by atoms with Crippen LogP contribution in [-0.2, 0) is 27.4 Å². The van der Waals surface area contributed by atoms with Crippen LogP contribution in [0, 0.1) is 0 Å².